The minimum atomic E-state index is -3.66. The molecule has 3 rings (SSSR count). The lowest BCUT2D eigenvalue weighted by Crippen LogP contribution is -2.51. The topological polar surface area (TPSA) is 87.2 Å². The Labute approximate surface area is 191 Å². The summed E-state index contributed by atoms with van der Waals surface area (Å²) in [5.74, 6) is 0.0581. The summed E-state index contributed by atoms with van der Waals surface area (Å²) in [6, 6.07) is 4.76. The number of benzene rings is 1. The first-order valence-electron chi connectivity index (χ1n) is 11.4. The van der Waals surface area contributed by atoms with Crippen molar-refractivity contribution in [3.63, 3.8) is 0 Å². The summed E-state index contributed by atoms with van der Waals surface area (Å²) < 4.78 is 33.3. The number of rotatable bonds is 5. The van der Waals surface area contributed by atoms with Gasteiger partial charge < -0.3 is 14.5 Å². The van der Waals surface area contributed by atoms with E-state index < -0.39 is 10.0 Å². The largest absolute Gasteiger partial charge is 0.449 e. The predicted molar refractivity (Wildman–Crippen MR) is 122 cm³/mol. The zero-order valence-electron chi connectivity index (χ0n) is 19.5. The normalized spacial score (nSPS) is 20.5. The molecule has 0 radical (unpaired) electrons. The van der Waals surface area contributed by atoms with Gasteiger partial charge >= 0.3 is 6.09 Å². The number of hydrogen-bond donors (Lipinski definition) is 0. The van der Waals surface area contributed by atoms with Gasteiger partial charge in [0.05, 0.1) is 11.5 Å². The van der Waals surface area contributed by atoms with Crippen molar-refractivity contribution in [1.29, 1.82) is 0 Å². The summed E-state index contributed by atoms with van der Waals surface area (Å²) >= 11 is 0. The Kier molecular flexibility index (Phi) is 7.82. The van der Waals surface area contributed by atoms with Gasteiger partial charge in [-0.2, -0.15) is 4.31 Å². The molecule has 178 valence electrons. The molecule has 0 spiro atoms. The van der Waals surface area contributed by atoms with Crippen LogP contribution in [-0.2, 0) is 14.8 Å². The van der Waals surface area contributed by atoms with Crippen LogP contribution in [-0.4, -0.2) is 79.9 Å². The first-order valence-corrected chi connectivity index (χ1v) is 12.9. The fraction of sp³-hybridized carbons (Fsp3) is 0.652. The van der Waals surface area contributed by atoms with Crippen LogP contribution in [0.3, 0.4) is 0 Å². The van der Waals surface area contributed by atoms with E-state index in [9.17, 15) is 18.0 Å². The Morgan fingerprint density at radius 2 is 1.72 bits per heavy atom. The van der Waals surface area contributed by atoms with Crippen molar-refractivity contribution in [3.8, 4) is 0 Å². The van der Waals surface area contributed by atoms with Crippen LogP contribution in [0.5, 0.6) is 0 Å². The van der Waals surface area contributed by atoms with Crippen LogP contribution in [0.4, 0.5) is 4.79 Å². The number of nitrogens with zero attached hydrogens (tertiary/aromatic N) is 3. The van der Waals surface area contributed by atoms with E-state index in [1.54, 1.807) is 26.2 Å². The summed E-state index contributed by atoms with van der Waals surface area (Å²) in [4.78, 5) is 28.8. The van der Waals surface area contributed by atoms with Crippen LogP contribution in [0.25, 0.3) is 0 Å². The van der Waals surface area contributed by atoms with Crippen molar-refractivity contribution in [2.24, 2.45) is 5.92 Å². The molecule has 2 aliphatic rings. The molecule has 1 aromatic carbocycles. The minimum absolute atomic E-state index is 0.0438. The number of piperazine rings is 1. The Bertz CT molecular complexity index is 939. The molecule has 0 aliphatic carbocycles. The molecule has 2 fully saturated rings. The number of ether oxygens (including phenoxy) is 1. The van der Waals surface area contributed by atoms with E-state index in [4.69, 9.17) is 4.74 Å². The summed E-state index contributed by atoms with van der Waals surface area (Å²) in [5.41, 5.74) is 1.13. The molecule has 9 heteroatoms. The Balaban J connectivity index is 1.71. The molecule has 2 aliphatic heterocycles. The SMILES string of the molecule is Cc1ccc(S(=O)(=O)N2CCCCC2C)cc1C(=O)N1CCN(C(=O)OCC(C)C)CC1. The highest BCUT2D eigenvalue weighted by Crippen LogP contribution is 2.27. The highest BCUT2D eigenvalue weighted by Gasteiger charge is 2.32. The molecule has 2 heterocycles. The van der Waals surface area contributed by atoms with Gasteiger partial charge in [-0.05, 0) is 50.3 Å². The predicted octanol–water partition coefficient (Wildman–Crippen LogP) is 3.11. The lowest BCUT2D eigenvalue weighted by molar-refractivity contribution is 0.0534. The van der Waals surface area contributed by atoms with Crippen LogP contribution in [0.1, 0.15) is 56.0 Å². The molecule has 0 N–H and O–H groups in total. The van der Waals surface area contributed by atoms with Crippen molar-refractivity contribution in [2.45, 2.75) is 57.9 Å². The third kappa shape index (κ3) is 5.43. The monoisotopic (exact) mass is 465 g/mol. The first kappa shape index (κ1) is 24.5. The molecule has 1 aromatic rings. The summed E-state index contributed by atoms with van der Waals surface area (Å²) in [7, 11) is -3.66. The maximum Gasteiger partial charge on any atom is 0.409 e. The number of carbonyl (C=O) groups is 2. The van der Waals surface area contributed by atoms with Crippen molar-refractivity contribution in [1.82, 2.24) is 14.1 Å². The Morgan fingerprint density at radius 1 is 1.06 bits per heavy atom. The fourth-order valence-corrected chi connectivity index (χ4v) is 5.87. The molecule has 1 atom stereocenters. The fourth-order valence-electron chi connectivity index (χ4n) is 4.15. The number of sulfonamides is 1. The van der Waals surface area contributed by atoms with Crippen molar-refractivity contribution >= 4 is 22.0 Å². The molecular formula is C23H35N3O5S. The highest BCUT2D eigenvalue weighted by atomic mass is 32.2. The van der Waals surface area contributed by atoms with Crippen LogP contribution in [0.2, 0.25) is 0 Å². The standard InChI is InChI=1S/C23H35N3O5S/c1-17(2)16-31-23(28)25-13-11-24(12-14-25)22(27)21-15-20(9-8-18(21)3)32(29,30)26-10-6-5-7-19(26)4/h8-9,15,17,19H,5-7,10-14,16H2,1-4H3. The lowest BCUT2D eigenvalue weighted by Gasteiger charge is -2.35. The van der Waals surface area contributed by atoms with Gasteiger partial charge in [0.25, 0.3) is 5.91 Å². The van der Waals surface area contributed by atoms with Gasteiger partial charge in [0.1, 0.15) is 0 Å². The second kappa shape index (κ2) is 10.2. The van der Waals surface area contributed by atoms with Gasteiger partial charge in [0, 0.05) is 44.3 Å². The molecule has 32 heavy (non-hydrogen) atoms. The summed E-state index contributed by atoms with van der Waals surface area (Å²) in [6.07, 6.45) is 2.37. The average Bonchev–Trinajstić information content (AvgIpc) is 2.77. The average molecular weight is 466 g/mol. The molecule has 0 aromatic heterocycles. The van der Waals surface area contributed by atoms with Crippen LogP contribution >= 0.6 is 0 Å². The van der Waals surface area contributed by atoms with Crippen molar-refractivity contribution in [2.75, 3.05) is 39.3 Å². The number of aryl methyl sites for hydroxylation is 1. The highest BCUT2D eigenvalue weighted by molar-refractivity contribution is 7.89. The molecule has 2 saturated heterocycles. The molecule has 8 nitrogen and oxygen atoms in total. The van der Waals surface area contributed by atoms with E-state index in [0.29, 0.717) is 44.9 Å². The third-order valence-electron chi connectivity index (χ3n) is 6.15. The van der Waals surface area contributed by atoms with Gasteiger partial charge in [0.15, 0.2) is 0 Å². The zero-order valence-corrected chi connectivity index (χ0v) is 20.4. The van der Waals surface area contributed by atoms with Crippen molar-refractivity contribution in [3.05, 3.63) is 29.3 Å². The maximum atomic E-state index is 13.2. The molecule has 1 unspecified atom stereocenters. The van der Waals surface area contributed by atoms with Gasteiger partial charge in [0.2, 0.25) is 10.0 Å². The quantitative estimate of drug-likeness (QED) is 0.667. The minimum Gasteiger partial charge on any atom is -0.449 e. The Morgan fingerprint density at radius 3 is 2.34 bits per heavy atom. The smallest absolute Gasteiger partial charge is 0.409 e. The van der Waals surface area contributed by atoms with Crippen LogP contribution in [0.15, 0.2) is 23.1 Å². The number of hydrogen-bond acceptors (Lipinski definition) is 5. The molecule has 0 saturated carbocycles. The van der Waals surface area contributed by atoms with E-state index in [1.165, 1.54) is 6.07 Å². The second-order valence-corrected chi connectivity index (χ2v) is 11.1. The Hall–Kier alpha value is -2.13. The van der Waals surface area contributed by atoms with Gasteiger partial charge in [-0.25, -0.2) is 13.2 Å². The van der Waals surface area contributed by atoms with E-state index in [0.717, 1.165) is 24.8 Å². The van der Waals surface area contributed by atoms with Crippen LogP contribution < -0.4 is 0 Å². The second-order valence-electron chi connectivity index (χ2n) is 9.19. The van der Waals surface area contributed by atoms with Gasteiger partial charge in [-0.15, -0.1) is 0 Å². The van der Waals surface area contributed by atoms with E-state index in [2.05, 4.69) is 0 Å². The molecule has 2 amide bonds. The zero-order chi connectivity index (χ0) is 23.5. The summed E-state index contributed by atoms with van der Waals surface area (Å²) in [6.45, 7) is 10.1. The number of amides is 2. The van der Waals surface area contributed by atoms with Crippen LogP contribution in [0, 0.1) is 12.8 Å². The van der Waals surface area contributed by atoms with E-state index >= 15 is 0 Å². The number of piperidine rings is 1. The maximum absolute atomic E-state index is 13.2. The van der Waals surface area contributed by atoms with E-state index in [1.807, 2.05) is 27.7 Å². The summed E-state index contributed by atoms with van der Waals surface area (Å²) in [5, 5.41) is 0. The number of carbonyl (C=O) groups excluding carboxylic acids is 2. The first-order chi connectivity index (χ1) is 15.1. The van der Waals surface area contributed by atoms with Gasteiger partial charge in [-0.1, -0.05) is 26.3 Å². The third-order valence-corrected chi connectivity index (χ3v) is 8.16. The molecule has 0 bridgehead atoms. The lowest BCUT2D eigenvalue weighted by atomic mass is 10.1. The van der Waals surface area contributed by atoms with Gasteiger partial charge in [-0.3, -0.25) is 4.79 Å². The van der Waals surface area contributed by atoms with Crippen molar-refractivity contribution < 1.29 is 22.7 Å². The molecular weight excluding hydrogens is 430 g/mol. The van der Waals surface area contributed by atoms with E-state index in [-0.39, 0.29) is 28.9 Å².